The van der Waals surface area contributed by atoms with Gasteiger partial charge in [0.2, 0.25) is 5.82 Å². The molecule has 1 heterocycles. The zero-order valence-electron chi connectivity index (χ0n) is 11.2. The molecule has 1 N–H and O–H groups in total. The van der Waals surface area contributed by atoms with E-state index in [-0.39, 0.29) is 22.3 Å². The molecule has 0 radical (unpaired) electrons. The Kier molecular flexibility index (Phi) is 5.04. The third-order valence-electron chi connectivity index (χ3n) is 2.54. The molecule has 6 nitrogen and oxygen atoms in total. The average Bonchev–Trinajstić information content (AvgIpc) is 2.47. The number of nitrogens with one attached hydrogen (secondary N) is 1. The van der Waals surface area contributed by atoms with Crippen LogP contribution in [0.3, 0.4) is 0 Å². The largest absolute Gasteiger partial charge is 0.364 e. The van der Waals surface area contributed by atoms with Crippen LogP contribution in [0.4, 0.5) is 15.9 Å². The number of hydrogen-bond donors (Lipinski definition) is 1. The van der Waals surface area contributed by atoms with Gasteiger partial charge in [0.15, 0.2) is 5.03 Å². The molecule has 2 aromatic rings. The summed E-state index contributed by atoms with van der Waals surface area (Å²) in [4.78, 5) is 19.3. The van der Waals surface area contributed by atoms with E-state index in [0.29, 0.717) is 11.4 Å². The van der Waals surface area contributed by atoms with Crippen LogP contribution in [0.2, 0.25) is 0 Å². The Bertz CT molecular complexity index is 637. The first-order valence-electron chi connectivity index (χ1n) is 6.28. The highest BCUT2D eigenvalue weighted by atomic mass is 32.2. The van der Waals surface area contributed by atoms with Crippen molar-refractivity contribution in [2.24, 2.45) is 0 Å². The average molecular weight is 308 g/mol. The molecule has 110 valence electrons. The molecule has 0 aliphatic rings. The molecular formula is C13H13FN4O2S. The van der Waals surface area contributed by atoms with Gasteiger partial charge in [-0.15, -0.1) is 0 Å². The summed E-state index contributed by atoms with van der Waals surface area (Å²) in [5.41, 5.74) is -0.166. The molecule has 0 fully saturated rings. The highest BCUT2D eigenvalue weighted by molar-refractivity contribution is 7.99. The van der Waals surface area contributed by atoms with Gasteiger partial charge in [-0.25, -0.2) is 14.4 Å². The second kappa shape index (κ2) is 6.98. The van der Waals surface area contributed by atoms with E-state index in [1.54, 1.807) is 12.1 Å². The number of nitro groups is 1. The van der Waals surface area contributed by atoms with Crippen LogP contribution in [0, 0.1) is 15.9 Å². The predicted molar refractivity (Wildman–Crippen MR) is 78.0 cm³/mol. The van der Waals surface area contributed by atoms with Gasteiger partial charge in [0.1, 0.15) is 12.1 Å². The standard InChI is InChI=1S/C13H13FN4O2S/c1-2-7-15-12-11(18(19)20)13(17-8-16-12)21-10-5-3-9(14)4-6-10/h3-6,8H,2,7H2,1H3,(H,15,16,17). The van der Waals surface area contributed by atoms with Crippen LogP contribution in [0.15, 0.2) is 40.5 Å². The molecule has 0 aliphatic heterocycles. The molecule has 0 amide bonds. The minimum absolute atomic E-state index is 0.166. The van der Waals surface area contributed by atoms with E-state index in [1.165, 1.54) is 18.5 Å². The molecule has 0 saturated heterocycles. The number of aromatic nitrogens is 2. The molecule has 0 spiro atoms. The Morgan fingerprint density at radius 2 is 2.05 bits per heavy atom. The summed E-state index contributed by atoms with van der Waals surface area (Å²) in [7, 11) is 0. The summed E-state index contributed by atoms with van der Waals surface area (Å²) in [6.07, 6.45) is 2.10. The zero-order valence-corrected chi connectivity index (χ0v) is 12.1. The summed E-state index contributed by atoms with van der Waals surface area (Å²) in [6.45, 7) is 2.53. The van der Waals surface area contributed by atoms with Gasteiger partial charge in [0.25, 0.3) is 0 Å². The fourth-order valence-electron chi connectivity index (χ4n) is 1.59. The van der Waals surface area contributed by atoms with Gasteiger partial charge in [-0.3, -0.25) is 10.1 Å². The zero-order chi connectivity index (χ0) is 15.2. The van der Waals surface area contributed by atoms with Crippen molar-refractivity contribution < 1.29 is 9.31 Å². The van der Waals surface area contributed by atoms with Gasteiger partial charge >= 0.3 is 5.69 Å². The maximum atomic E-state index is 12.9. The normalized spacial score (nSPS) is 10.4. The molecule has 0 aliphatic carbocycles. The lowest BCUT2D eigenvalue weighted by atomic mass is 10.4. The van der Waals surface area contributed by atoms with Crippen LogP contribution < -0.4 is 5.32 Å². The van der Waals surface area contributed by atoms with E-state index in [4.69, 9.17) is 0 Å². The molecule has 8 heteroatoms. The van der Waals surface area contributed by atoms with Gasteiger partial charge in [-0.2, -0.15) is 0 Å². The summed E-state index contributed by atoms with van der Waals surface area (Å²) >= 11 is 1.10. The van der Waals surface area contributed by atoms with E-state index in [2.05, 4.69) is 15.3 Å². The Morgan fingerprint density at radius 1 is 1.33 bits per heavy atom. The van der Waals surface area contributed by atoms with E-state index < -0.39 is 4.92 Å². The maximum absolute atomic E-state index is 12.9. The van der Waals surface area contributed by atoms with Crippen LogP contribution in [-0.4, -0.2) is 21.4 Å². The second-order valence-electron chi connectivity index (χ2n) is 4.12. The third-order valence-corrected chi connectivity index (χ3v) is 3.54. The van der Waals surface area contributed by atoms with E-state index in [9.17, 15) is 14.5 Å². The fourth-order valence-corrected chi connectivity index (χ4v) is 2.45. The van der Waals surface area contributed by atoms with Crippen molar-refractivity contribution >= 4 is 23.3 Å². The number of halogens is 1. The van der Waals surface area contributed by atoms with Crippen LogP contribution in [-0.2, 0) is 0 Å². The van der Waals surface area contributed by atoms with Gasteiger partial charge in [0, 0.05) is 11.4 Å². The van der Waals surface area contributed by atoms with Gasteiger partial charge in [-0.05, 0) is 30.7 Å². The van der Waals surface area contributed by atoms with Crippen LogP contribution in [0.25, 0.3) is 0 Å². The summed E-state index contributed by atoms with van der Waals surface area (Å²) in [6, 6.07) is 5.69. The van der Waals surface area contributed by atoms with Crippen molar-refractivity contribution in [3.8, 4) is 0 Å². The first-order chi connectivity index (χ1) is 10.1. The third kappa shape index (κ3) is 3.88. The van der Waals surface area contributed by atoms with E-state index in [1.807, 2.05) is 6.92 Å². The quantitative estimate of drug-likeness (QED) is 0.500. The smallest absolute Gasteiger partial charge is 0.343 e. The van der Waals surface area contributed by atoms with Gasteiger partial charge in [0.05, 0.1) is 4.92 Å². The molecule has 0 saturated carbocycles. The van der Waals surface area contributed by atoms with Crippen molar-refractivity contribution in [3.05, 3.63) is 46.5 Å². The number of rotatable bonds is 6. The lowest BCUT2D eigenvalue weighted by Crippen LogP contribution is -2.07. The summed E-state index contributed by atoms with van der Waals surface area (Å²) < 4.78 is 12.9. The Morgan fingerprint density at radius 3 is 2.67 bits per heavy atom. The lowest BCUT2D eigenvalue weighted by molar-refractivity contribution is -0.387. The summed E-state index contributed by atoms with van der Waals surface area (Å²) in [5, 5.41) is 14.4. The maximum Gasteiger partial charge on any atom is 0.343 e. The molecule has 0 atom stereocenters. The first-order valence-corrected chi connectivity index (χ1v) is 7.10. The lowest BCUT2D eigenvalue weighted by Gasteiger charge is -2.07. The Labute approximate surface area is 125 Å². The molecule has 2 rings (SSSR count). The Balaban J connectivity index is 2.33. The number of nitrogens with zero attached hydrogens (tertiary/aromatic N) is 3. The number of benzene rings is 1. The highest BCUT2D eigenvalue weighted by Gasteiger charge is 2.23. The topological polar surface area (TPSA) is 81.0 Å². The monoisotopic (exact) mass is 308 g/mol. The molecule has 0 bridgehead atoms. The Hall–Kier alpha value is -2.22. The SMILES string of the molecule is CCCNc1ncnc(Sc2ccc(F)cc2)c1[N+](=O)[O-]. The fraction of sp³-hybridized carbons (Fsp3) is 0.231. The van der Waals surface area contributed by atoms with Gasteiger partial charge in [-0.1, -0.05) is 18.7 Å². The van der Waals surface area contributed by atoms with Crippen molar-refractivity contribution in [1.82, 2.24) is 9.97 Å². The van der Waals surface area contributed by atoms with Crippen molar-refractivity contribution in [3.63, 3.8) is 0 Å². The molecule has 1 aromatic heterocycles. The molecule has 21 heavy (non-hydrogen) atoms. The molecule has 1 aromatic carbocycles. The number of anilines is 1. The van der Waals surface area contributed by atoms with Crippen LogP contribution >= 0.6 is 11.8 Å². The second-order valence-corrected chi connectivity index (χ2v) is 5.18. The van der Waals surface area contributed by atoms with Crippen LogP contribution in [0.5, 0.6) is 0 Å². The van der Waals surface area contributed by atoms with Crippen molar-refractivity contribution in [2.75, 3.05) is 11.9 Å². The molecule has 0 unspecified atom stereocenters. The van der Waals surface area contributed by atoms with Crippen molar-refractivity contribution in [2.45, 2.75) is 23.3 Å². The first kappa shape index (κ1) is 15.2. The number of hydrogen-bond acceptors (Lipinski definition) is 6. The highest BCUT2D eigenvalue weighted by Crippen LogP contribution is 2.36. The van der Waals surface area contributed by atoms with Gasteiger partial charge < -0.3 is 5.32 Å². The molecular weight excluding hydrogens is 295 g/mol. The minimum Gasteiger partial charge on any atom is -0.364 e. The summed E-state index contributed by atoms with van der Waals surface area (Å²) in [5.74, 6) is -0.164. The van der Waals surface area contributed by atoms with Crippen molar-refractivity contribution in [1.29, 1.82) is 0 Å². The predicted octanol–water partition coefficient (Wildman–Crippen LogP) is 3.50. The van der Waals surface area contributed by atoms with Crippen LogP contribution in [0.1, 0.15) is 13.3 Å². The van der Waals surface area contributed by atoms with E-state index >= 15 is 0 Å². The minimum atomic E-state index is -0.510. The van der Waals surface area contributed by atoms with E-state index in [0.717, 1.165) is 18.2 Å².